The lowest BCUT2D eigenvalue weighted by Crippen LogP contribution is -2.27. The minimum absolute atomic E-state index is 0.0766. The van der Waals surface area contributed by atoms with E-state index >= 15 is 0 Å². The quantitative estimate of drug-likeness (QED) is 0.895. The Hall–Kier alpha value is -1.93. The molecule has 0 fully saturated rings. The minimum Gasteiger partial charge on any atom is -0.381 e. The van der Waals surface area contributed by atoms with Gasteiger partial charge in [0.1, 0.15) is 10.7 Å². The van der Waals surface area contributed by atoms with Gasteiger partial charge in [-0.05, 0) is 31.0 Å². The molecule has 3 N–H and O–H groups in total. The zero-order chi connectivity index (χ0) is 15.8. The molecular formula is C13H17FN4O2S. The molecule has 2 aromatic rings. The third-order valence-corrected chi connectivity index (χ3v) is 4.70. The van der Waals surface area contributed by atoms with Gasteiger partial charge in [-0.25, -0.2) is 17.5 Å². The van der Waals surface area contributed by atoms with Crippen LogP contribution in [0, 0.1) is 12.7 Å². The highest BCUT2D eigenvalue weighted by Gasteiger charge is 2.23. The second-order valence-corrected chi connectivity index (χ2v) is 6.59. The molecule has 0 aliphatic rings. The van der Waals surface area contributed by atoms with Gasteiger partial charge in [-0.1, -0.05) is 12.1 Å². The van der Waals surface area contributed by atoms with Crippen molar-refractivity contribution < 1.29 is 12.8 Å². The minimum atomic E-state index is -3.82. The molecule has 0 aliphatic carbocycles. The van der Waals surface area contributed by atoms with Gasteiger partial charge in [0.2, 0.25) is 10.0 Å². The lowest BCUT2D eigenvalue weighted by atomic mass is 10.1. The van der Waals surface area contributed by atoms with Crippen molar-refractivity contribution in [1.29, 1.82) is 0 Å². The summed E-state index contributed by atoms with van der Waals surface area (Å²) in [6, 6.07) is 4.01. The summed E-state index contributed by atoms with van der Waals surface area (Å²) in [5.74, 6) is -0.452. The molecule has 6 nitrogen and oxygen atoms in total. The van der Waals surface area contributed by atoms with Crippen molar-refractivity contribution >= 4 is 15.8 Å². The predicted octanol–water partition coefficient (Wildman–Crippen LogP) is 1.49. The molecule has 1 aromatic carbocycles. The first-order valence-corrected chi connectivity index (χ1v) is 7.76. The molecule has 2 rings (SSSR count). The number of nitrogens with zero attached hydrogens (tertiary/aromatic N) is 2. The van der Waals surface area contributed by atoms with E-state index < -0.39 is 16.1 Å². The normalized spacial score (nSPS) is 13.3. The number of nitrogens with one attached hydrogen (secondary N) is 1. The van der Waals surface area contributed by atoms with Gasteiger partial charge in [-0.15, -0.1) is 0 Å². The van der Waals surface area contributed by atoms with Crippen molar-refractivity contribution in [2.24, 2.45) is 7.05 Å². The molecular weight excluding hydrogens is 295 g/mol. The Kier molecular flexibility index (Phi) is 4.02. The van der Waals surface area contributed by atoms with Crippen LogP contribution in [0.15, 0.2) is 29.3 Å². The fraction of sp³-hybridized carbons (Fsp3) is 0.308. The van der Waals surface area contributed by atoms with Crippen LogP contribution in [0.25, 0.3) is 0 Å². The van der Waals surface area contributed by atoms with Crippen molar-refractivity contribution in [3.8, 4) is 0 Å². The van der Waals surface area contributed by atoms with Gasteiger partial charge >= 0.3 is 0 Å². The van der Waals surface area contributed by atoms with Crippen molar-refractivity contribution in [3.63, 3.8) is 0 Å². The van der Waals surface area contributed by atoms with E-state index in [4.69, 9.17) is 5.73 Å². The second-order valence-electron chi connectivity index (χ2n) is 4.90. The van der Waals surface area contributed by atoms with Crippen molar-refractivity contribution in [3.05, 3.63) is 41.3 Å². The van der Waals surface area contributed by atoms with E-state index in [2.05, 4.69) is 9.82 Å². The molecule has 114 valence electrons. The first-order chi connectivity index (χ1) is 9.70. The number of hydrogen-bond donors (Lipinski definition) is 2. The summed E-state index contributed by atoms with van der Waals surface area (Å²) in [6.45, 7) is 3.28. The third-order valence-electron chi connectivity index (χ3n) is 3.14. The van der Waals surface area contributed by atoms with Gasteiger partial charge in [0.25, 0.3) is 0 Å². The highest BCUT2D eigenvalue weighted by molar-refractivity contribution is 7.89. The number of nitrogen functional groups attached to an aromatic ring is 1. The van der Waals surface area contributed by atoms with E-state index in [9.17, 15) is 12.8 Å². The summed E-state index contributed by atoms with van der Waals surface area (Å²) < 4.78 is 41.9. The van der Waals surface area contributed by atoms with Gasteiger partial charge < -0.3 is 5.73 Å². The van der Waals surface area contributed by atoms with Gasteiger partial charge in [0.05, 0.1) is 0 Å². The molecule has 0 saturated carbocycles. The smallest absolute Gasteiger partial charge is 0.246 e. The lowest BCUT2D eigenvalue weighted by molar-refractivity contribution is 0.564. The van der Waals surface area contributed by atoms with Gasteiger partial charge in [0.15, 0.2) is 5.82 Å². The maximum atomic E-state index is 13.6. The number of anilines is 1. The Labute approximate surface area is 122 Å². The molecule has 0 radical (unpaired) electrons. The fourth-order valence-electron chi connectivity index (χ4n) is 1.93. The van der Waals surface area contributed by atoms with Crippen LogP contribution in [0.5, 0.6) is 0 Å². The van der Waals surface area contributed by atoms with Crippen LogP contribution < -0.4 is 10.5 Å². The van der Waals surface area contributed by atoms with E-state index in [1.807, 2.05) is 0 Å². The summed E-state index contributed by atoms with van der Waals surface area (Å²) in [4.78, 5) is -0.0931. The molecule has 0 spiro atoms. The molecule has 0 bridgehead atoms. The van der Waals surface area contributed by atoms with E-state index in [1.165, 1.54) is 16.9 Å². The molecule has 0 saturated heterocycles. The zero-order valence-electron chi connectivity index (χ0n) is 12.0. The second kappa shape index (κ2) is 5.45. The molecule has 8 heteroatoms. The molecule has 1 heterocycles. The van der Waals surface area contributed by atoms with E-state index in [0.29, 0.717) is 11.1 Å². The highest BCUT2D eigenvalue weighted by Crippen LogP contribution is 2.21. The number of nitrogens with two attached hydrogens (primary N) is 1. The lowest BCUT2D eigenvalue weighted by Gasteiger charge is -2.14. The number of aryl methyl sites for hydroxylation is 2. The van der Waals surface area contributed by atoms with Crippen LogP contribution >= 0.6 is 0 Å². The number of sulfonamides is 1. The van der Waals surface area contributed by atoms with Crippen LogP contribution in [-0.2, 0) is 17.1 Å². The Morgan fingerprint density at radius 3 is 2.62 bits per heavy atom. The van der Waals surface area contributed by atoms with Crippen LogP contribution in [0.1, 0.15) is 24.1 Å². The van der Waals surface area contributed by atoms with Crippen LogP contribution in [0.2, 0.25) is 0 Å². The third kappa shape index (κ3) is 3.22. The Morgan fingerprint density at radius 2 is 2.10 bits per heavy atom. The number of hydrogen-bond acceptors (Lipinski definition) is 4. The van der Waals surface area contributed by atoms with Crippen molar-refractivity contribution in [2.75, 3.05) is 5.73 Å². The molecule has 1 aromatic heterocycles. The maximum Gasteiger partial charge on any atom is 0.246 e. The SMILES string of the molecule is Cc1ccc(C(C)NS(=O)(=O)c2cn(C)nc2N)cc1F. The topological polar surface area (TPSA) is 90.0 Å². The summed E-state index contributed by atoms with van der Waals surface area (Å²) >= 11 is 0. The fourth-order valence-corrected chi connectivity index (χ4v) is 3.27. The summed E-state index contributed by atoms with van der Waals surface area (Å²) in [6.07, 6.45) is 1.32. The van der Waals surface area contributed by atoms with Crippen molar-refractivity contribution in [1.82, 2.24) is 14.5 Å². The summed E-state index contributed by atoms with van der Waals surface area (Å²) in [5, 5.41) is 3.80. The zero-order valence-corrected chi connectivity index (χ0v) is 12.8. The Morgan fingerprint density at radius 1 is 1.43 bits per heavy atom. The van der Waals surface area contributed by atoms with Gasteiger partial charge in [-0.3, -0.25) is 4.68 Å². The van der Waals surface area contributed by atoms with Gasteiger partial charge in [-0.2, -0.15) is 5.10 Å². The summed E-state index contributed by atoms with van der Waals surface area (Å²) in [7, 11) is -2.24. The number of halogens is 1. The maximum absolute atomic E-state index is 13.6. The van der Waals surface area contributed by atoms with Crippen molar-refractivity contribution in [2.45, 2.75) is 24.8 Å². The Balaban J connectivity index is 2.27. The van der Waals surface area contributed by atoms with E-state index in [-0.39, 0.29) is 16.5 Å². The Bertz CT molecular complexity index is 770. The molecule has 0 amide bonds. The first-order valence-electron chi connectivity index (χ1n) is 6.28. The molecule has 1 unspecified atom stereocenters. The molecule has 21 heavy (non-hydrogen) atoms. The largest absolute Gasteiger partial charge is 0.381 e. The first kappa shape index (κ1) is 15.5. The van der Waals surface area contributed by atoms with Gasteiger partial charge in [0, 0.05) is 19.3 Å². The number of rotatable bonds is 4. The molecule has 0 aliphatic heterocycles. The van der Waals surface area contributed by atoms with Crippen LogP contribution in [0.3, 0.4) is 0 Å². The summed E-state index contributed by atoms with van der Waals surface area (Å²) in [5.41, 5.74) is 6.61. The van der Waals surface area contributed by atoms with Crippen LogP contribution in [0.4, 0.5) is 10.2 Å². The number of aromatic nitrogens is 2. The predicted molar refractivity (Wildman–Crippen MR) is 77.5 cm³/mol. The standard InChI is InChI=1S/C13H17FN4O2S/c1-8-4-5-10(6-11(8)14)9(2)17-21(19,20)12-7-18(3)16-13(12)15/h4-7,9,17H,1-3H3,(H2,15,16). The van der Waals surface area contributed by atoms with Crippen LogP contribution in [-0.4, -0.2) is 18.2 Å². The van der Waals surface area contributed by atoms with E-state index in [0.717, 1.165) is 0 Å². The monoisotopic (exact) mass is 312 g/mol. The molecule has 1 atom stereocenters. The average molecular weight is 312 g/mol. The average Bonchev–Trinajstić information content (AvgIpc) is 2.72. The highest BCUT2D eigenvalue weighted by atomic mass is 32.2. The number of benzene rings is 1. The van der Waals surface area contributed by atoms with E-state index in [1.54, 1.807) is 33.0 Å².